The first kappa shape index (κ1) is 20.4. The lowest BCUT2D eigenvalue weighted by Gasteiger charge is -2.28. The molecular formula is C25H20FN5O2. The largest absolute Gasteiger partial charge is 0.508 e. The lowest BCUT2D eigenvalue weighted by Crippen LogP contribution is -2.31. The van der Waals surface area contributed by atoms with E-state index in [0.29, 0.717) is 34.3 Å². The van der Waals surface area contributed by atoms with Crippen LogP contribution in [0.2, 0.25) is 0 Å². The summed E-state index contributed by atoms with van der Waals surface area (Å²) in [5.41, 5.74) is 3.17. The molecule has 0 bridgehead atoms. The maximum absolute atomic E-state index is 13.4. The number of hydrogen-bond donors (Lipinski definition) is 3. The molecule has 0 spiro atoms. The lowest BCUT2D eigenvalue weighted by atomic mass is 9.95. The number of phenolic OH excluding ortho intramolecular Hbond substituents is 1. The molecule has 1 atom stereocenters. The molecule has 8 heteroatoms. The van der Waals surface area contributed by atoms with Gasteiger partial charge in [0.25, 0.3) is 5.91 Å². The summed E-state index contributed by atoms with van der Waals surface area (Å²) in [7, 11) is 0. The zero-order valence-corrected chi connectivity index (χ0v) is 17.7. The van der Waals surface area contributed by atoms with Gasteiger partial charge in [0.15, 0.2) is 5.82 Å². The molecular weight excluding hydrogens is 421 g/mol. The van der Waals surface area contributed by atoms with Crippen LogP contribution in [0.1, 0.15) is 18.5 Å². The Kier molecular flexibility index (Phi) is 5.10. The van der Waals surface area contributed by atoms with Gasteiger partial charge in [-0.2, -0.15) is 4.98 Å². The number of amides is 1. The standard InChI is InChI=1S/C25H20FN5O2/c1-15-21(24(33)28-19-5-3-2-4-6-19)22(16-9-13-20(32)14-10-16)31-25(27-15)29-23(30-31)17-7-11-18(26)12-8-17/h2-14,22,32H,1H3,(H,28,33)(H,27,29,30). The molecule has 3 aromatic carbocycles. The van der Waals surface area contributed by atoms with Gasteiger partial charge in [0, 0.05) is 16.9 Å². The Morgan fingerprint density at radius 3 is 2.42 bits per heavy atom. The van der Waals surface area contributed by atoms with E-state index in [9.17, 15) is 14.3 Å². The van der Waals surface area contributed by atoms with Crippen LogP contribution in [0.15, 0.2) is 90.1 Å². The van der Waals surface area contributed by atoms with Crippen molar-refractivity contribution in [2.45, 2.75) is 13.0 Å². The molecule has 0 fully saturated rings. The minimum absolute atomic E-state index is 0.120. The minimum atomic E-state index is -0.590. The van der Waals surface area contributed by atoms with Gasteiger partial charge in [-0.3, -0.25) is 4.79 Å². The van der Waals surface area contributed by atoms with Crippen LogP contribution >= 0.6 is 0 Å². The summed E-state index contributed by atoms with van der Waals surface area (Å²) in [5, 5.41) is 20.5. The van der Waals surface area contributed by atoms with E-state index < -0.39 is 6.04 Å². The molecule has 1 amide bonds. The van der Waals surface area contributed by atoms with Gasteiger partial charge in [-0.05, 0) is 61.0 Å². The second kappa shape index (κ2) is 8.23. The molecule has 1 aliphatic rings. The Hall–Kier alpha value is -4.46. The fourth-order valence-corrected chi connectivity index (χ4v) is 3.85. The average Bonchev–Trinajstić information content (AvgIpc) is 3.23. The molecule has 2 heterocycles. The van der Waals surface area contributed by atoms with E-state index in [2.05, 4.69) is 20.7 Å². The Morgan fingerprint density at radius 2 is 1.73 bits per heavy atom. The number of carbonyl (C=O) groups is 1. The van der Waals surface area contributed by atoms with Gasteiger partial charge in [0.05, 0.1) is 5.57 Å². The molecule has 5 rings (SSSR count). The first-order valence-corrected chi connectivity index (χ1v) is 10.4. The van der Waals surface area contributed by atoms with E-state index in [1.807, 2.05) is 37.3 Å². The number of aromatic nitrogens is 3. The van der Waals surface area contributed by atoms with Crippen molar-refractivity contribution in [1.82, 2.24) is 14.8 Å². The van der Waals surface area contributed by atoms with Crippen molar-refractivity contribution < 1.29 is 14.3 Å². The van der Waals surface area contributed by atoms with Gasteiger partial charge >= 0.3 is 0 Å². The normalized spacial score (nSPS) is 15.0. The maximum Gasteiger partial charge on any atom is 0.255 e. The van der Waals surface area contributed by atoms with Crippen LogP contribution in [0.3, 0.4) is 0 Å². The van der Waals surface area contributed by atoms with Gasteiger partial charge in [0.1, 0.15) is 17.6 Å². The molecule has 7 nitrogen and oxygen atoms in total. The topological polar surface area (TPSA) is 92.1 Å². The molecule has 4 aromatic rings. The molecule has 0 radical (unpaired) electrons. The third kappa shape index (κ3) is 3.94. The van der Waals surface area contributed by atoms with Crippen molar-refractivity contribution in [2.24, 2.45) is 0 Å². The number of rotatable bonds is 4. The first-order chi connectivity index (χ1) is 16.0. The van der Waals surface area contributed by atoms with Gasteiger partial charge in [-0.1, -0.05) is 30.3 Å². The summed E-state index contributed by atoms with van der Waals surface area (Å²) >= 11 is 0. The van der Waals surface area contributed by atoms with Gasteiger partial charge < -0.3 is 15.7 Å². The fraction of sp³-hybridized carbons (Fsp3) is 0.0800. The number of halogens is 1. The quantitative estimate of drug-likeness (QED) is 0.426. The van der Waals surface area contributed by atoms with Crippen molar-refractivity contribution in [2.75, 3.05) is 10.6 Å². The summed E-state index contributed by atoms with van der Waals surface area (Å²) in [6.45, 7) is 1.81. The molecule has 1 aromatic heterocycles. The first-order valence-electron chi connectivity index (χ1n) is 10.4. The van der Waals surface area contributed by atoms with Gasteiger partial charge in [0.2, 0.25) is 5.95 Å². The fourth-order valence-electron chi connectivity index (χ4n) is 3.85. The number of nitrogens with one attached hydrogen (secondary N) is 2. The highest BCUT2D eigenvalue weighted by molar-refractivity contribution is 6.06. The highest BCUT2D eigenvalue weighted by Crippen LogP contribution is 2.37. The van der Waals surface area contributed by atoms with Crippen LogP contribution in [0.5, 0.6) is 5.75 Å². The van der Waals surface area contributed by atoms with Crippen LogP contribution in [0.4, 0.5) is 16.0 Å². The van der Waals surface area contributed by atoms with Crippen LogP contribution in [0.25, 0.3) is 11.4 Å². The Balaban J connectivity index is 1.60. The number of benzene rings is 3. The van der Waals surface area contributed by atoms with Crippen molar-refractivity contribution in [1.29, 1.82) is 0 Å². The number of allylic oxidation sites excluding steroid dienone is 1. The summed E-state index contributed by atoms with van der Waals surface area (Å²) in [6.07, 6.45) is 0. The Labute approximate surface area is 189 Å². The summed E-state index contributed by atoms with van der Waals surface area (Å²) in [6, 6.07) is 21.1. The summed E-state index contributed by atoms with van der Waals surface area (Å²) < 4.78 is 15.0. The number of phenols is 1. The third-order valence-electron chi connectivity index (χ3n) is 5.44. The van der Waals surface area contributed by atoms with Crippen molar-refractivity contribution in [3.05, 3.63) is 102 Å². The average molecular weight is 441 g/mol. The number of hydrogen-bond acceptors (Lipinski definition) is 5. The number of fused-ring (bicyclic) bond motifs is 1. The number of carbonyl (C=O) groups excluding carboxylic acids is 1. The molecule has 0 saturated carbocycles. The summed E-state index contributed by atoms with van der Waals surface area (Å²) in [4.78, 5) is 18.0. The zero-order valence-electron chi connectivity index (χ0n) is 17.7. The molecule has 164 valence electrons. The zero-order chi connectivity index (χ0) is 22.9. The Bertz CT molecular complexity index is 1350. The van der Waals surface area contributed by atoms with Crippen LogP contribution in [-0.4, -0.2) is 25.8 Å². The van der Waals surface area contributed by atoms with E-state index >= 15 is 0 Å². The van der Waals surface area contributed by atoms with Gasteiger partial charge in [-0.25, -0.2) is 9.07 Å². The van der Waals surface area contributed by atoms with E-state index in [-0.39, 0.29) is 17.5 Å². The number of aromatic hydroxyl groups is 1. The monoisotopic (exact) mass is 441 g/mol. The van der Waals surface area contributed by atoms with E-state index in [0.717, 1.165) is 5.56 Å². The predicted molar refractivity (Wildman–Crippen MR) is 123 cm³/mol. The maximum atomic E-state index is 13.4. The van der Waals surface area contributed by atoms with Crippen molar-refractivity contribution >= 4 is 17.5 Å². The van der Waals surface area contributed by atoms with E-state index in [4.69, 9.17) is 0 Å². The highest BCUT2D eigenvalue weighted by atomic mass is 19.1. The van der Waals surface area contributed by atoms with Crippen LogP contribution < -0.4 is 10.6 Å². The van der Waals surface area contributed by atoms with Crippen molar-refractivity contribution in [3.8, 4) is 17.1 Å². The molecule has 0 saturated heterocycles. The molecule has 1 unspecified atom stereocenters. The number of nitrogens with zero attached hydrogens (tertiary/aromatic N) is 3. The number of para-hydroxylation sites is 1. The predicted octanol–water partition coefficient (Wildman–Crippen LogP) is 4.72. The third-order valence-corrected chi connectivity index (χ3v) is 5.44. The highest BCUT2D eigenvalue weighted by Gasteiger charge is 2.34. The van der Waals surface area contributed by atoms with E-state index in [1.165, 1.54) is 12.1 Å². The molecule has 3 N–H and O–H groups in total. The second-order valence-corrected chi connectivity index (χ2v) is 7.69. The number of anilines is 2. The molecule has 1 aliphatic heterocycles. The lowest BCUT2D eigenvalue weighted by molar-refractivity contribution is -0.113. The van der Waals surface area contributed by atoms with Gasteiger partial charge in [-0.15, -0.1) is 5.10 Å². The minimum Gasteiger partial charge on any atom is -0.508 e. The van der Waals surface area contributed by atoms with Crippen LogP contribution in [0, 0.1) is 5.82 Å². The summed E-state index contributed by atoms with van der Waals surface area (Å²) in [5.74, 6) is 0.350. The molecule has 33 heavy (non-hydrogen) atoms. The Morgan fingerprint density at radius 1 is 1.03 bits per heavy atom. The molecule has 0 aliphatic carbocycles. The SMILES string of the molecule is CC1=C(C(=O)Nc2ccccc2)C(c2ccc(O)cc2)n2nc(-c3ccc(F)cc3)nc2N1. The van der Waals surface area contributed by atoms with Crippen molar-refractivity contribution in [3.63, 3.8) is 0 Å². The van der Waals surface area contributed by atoms with Crippen LogP contribution in [-0.2, 0) is 4.79 Å². The van der Waals surface area contributed by atoms with E-state index in [1.54, 1.807) is 41.1 Å². The smallest absolute Gasteiger partial charge is 0.255 e. The second-order valence-electron chi connectivity index (χ2n) is 7.69.